The molecule has 0 bridgehead atoms. The topological polar surface area (TPSA) is 117 Å². The monoisotopic (exact) mass is 466 g/mol. The summed E-state index contributed by atoms with van der Waals surface area (Å²) in [4.78, 5) is 27.9. The molecular formula is C14H16Br2N2O6. The number of nitrogens with zero attached hydrogens (tertiary/aromatic N) is 1. The van der Waals surface area contributed by atoms with Gasteiger partial charge in [0, 0.05) is 19.4 Å². The molecule has 1 heterocycles. The first-order valence-electron chi connectivity index (χ1n) is 7.06. The molecule has 0 aromatic rings. The summed E-state index contributed by atoms with van der Waals surface area (Å²) in [5, 5.41) is 25.4. The van der Waals surface area contributed by atoms with E-state index in [4.69, 9.17) is 14.7 Å². The molecule has 0 aromatic carbocycles. The zero-order chi connectivity index (χ0) is 17.9. The summed E-state index contributed by atoms with van der Waals surface area (Å²) in [7, 11) is 1.47. The minimum Gasteiger partial charge on any atom is -0.495 e. The molecular weight excluding hydrogens is 452 g/mol. The van der Waals surface area contributed by atoms with Crippen LogP contribution in [0.2, 0.25) is 0 Å². The van der Waals surface area contributed by atoms with Gasteiger partial charge in [-0.2, -0.15) is 0 Å². The highest BCUT2D eigenvalue weighted by Crippen LogP contribution is 2.43. The standard InChI is InChI=1S/C14H16Br2N2O6/c1-23-11-7(15)5-14(12(21)10(11)16)6-8(18-24-14)13(22)17-4-2-3-9(19)20/h5,12,21H,2-4,6H2,1H3,(H,17,22)(H,19,20)/t12-,14+/m0/s1. The maximum absolute atomic E-state index is 12.1. The summed E-state index contributed by atoms with van der Waals surface area (Å²) in [6, 6.07) is 0. The van der Waals surface area contributed by atoms with Gasteiger partial charge in [0.2, 0.25) is 0 Å². The number of carboxylic acids is 1. The second kappa shape index (κ2) is 7.66. The van der Waals surface area contributed by atoms with E-state index >= 15 is 0 Å². The molecule has 1 aliphatic carbocycles. The Morgan fingerprint density at radius 2 is 2.25 bits per heavy atom. The molecule has 1 amide bonds. The lowest BCUT2D eigenvalue weighted by molar-refractivity contribution is -0.137. The number of aliphatic hydroxyl groups is 1. The van der Waals surface area contributed by atoms with E-state index in [9.17, 15) is 14.7 Å². The van der Waals surface area contributed by atoms with Gasteiger partial charge in [0.05, 0.1) is 16.1 Å². The molecule has 2 aliphatic rings. The summed E-state index contributed by atoms with van der Waals surface area (Å²) in [6.07, 6.45) is 0.879. The molecule has 0 radical (unpaired) electrons. The van der Waals surface area contributed by atoms with E-state index < -0.39 is 23.6 Å². The number of rotatable bonds is 6. The fourth-order valence-electron chi connectivity index (χ4n) is 2.36. The number of nitrogens with one attached hydrogen (secondary N) is 1. The fourth-order valence-corrected chi connectivity index (χ4v) is 4.15. The summed E-state index contributed by atoms with van der Waals surface area (Å²) in [5.74, 6) is -0.939. The zero-order valence-corrected chi connectivity index (χ0v) is 15.9. The number of carbonyl (C=O) groups excluding carboxylic acids is 1. The van der Waals surface area contributed by atoms with Gasteiger partial charge in [0.15, 0.2) is 5.60 Å². The predicted molar refractivity (Wildman–Crippen MR) is 91.7 cm³/mol. The molecule has 0 saturated carbocycles. The lowest BCUT2D eigenvalue weighted by Crippen LogP contribution is -2.45. The molecule has 132 valence electrons. The van der Waals surface area contributed by atoms with Crippen molar-refractivity contribution >= 4 is 49.4 Å². The van der Waals surface area contributed by atoms with Crippen LogP contribution in [-0.2, 0) is 19.2 Å². The maximum atomic E-state index is 12.1. The number of aliphatic hydroxyl groups excluding tert-OH is 1. The normalized spacial score (nSPS) is 25.9. The van der Waals surface area contributed by atoms with Gasteiger partial charge in [0.1, 0.15) is 17.6 Å². The molecule has 3 N–H and O–H groups in total. The third kappa shape index (κ3) is 3.81. The lowest BCUT2D eigenvalue weighted by Gasteiger charge is -2.33. The Hall–Kier alpha value is -1.39. The minimum absolute atomic E-state index is 0.0286. The van der Waals surface area contributed by atoms with Gasteiger partial charge in [-0.25, -0.2) is 0 Å². The number of amides is 1. The number of methoxy groups -OCH3 is 1. The number of halogens is 2. The number of hydrogen-bond acceptors (Lipinski definition) is 6. The Morgan fingerprint density at radius 1 is 1.54 bits per heavy atom. The molecule has 2 rings (SSSR count). The van der Waals surface area contributed by atoms with Crippen molar-refractivity contribution in [2.45, 2.75) is 31.0 Å². The maximum Gasteiger partial charge on any atom is 0.303 e. The Balaban J connectivity index is 2.00. The molecule has 2 atom stereocenters. The highest BCUT2D eigenvalue weighted by atomic mass is 79.9. The molecule has 0 unspecified atom stereocenters. The second-order valence-electron chi connectivity index (χ2n) is 5.29. The van der Waals surface area contributed by atoms with Crippen LogP contribution in [-0.4, -0.2) is 53.2 Å². The summed E-state index contributed by atoms with van der Waals surface area (Å²) < 4.78 is 6.14. The van der Waals surface area contributed by atoms with Crippen LogP contribution in [0.25, 0.3) is 0 Å². The van der Waals surface area contributed by atoms with Crippen LogP contribution >= 0.6 is 31.9 Å². The van der Waals surface area contributed by atoms with Crippen LogP contribution in [0, 0.1) is 0 Å². The number of allylic oxidation sites excluding steroid dienone is 1. The Labute approximate surface area is 154 Å². The van der Waals surface area contributed by atoms with Gasteiger partial charge in [-0.15, -0.1) is 0 Å². The summed E-state index contributed by atoms with van der Waals surface area (Å²) in [5.41, 5.74) is -1.07. The van der Waals surface area contributed by atoms with E-state index in [1.807, 2.05) is 0 Å². The van der Waals surface area contributed by atoms with E-state index in [1.54, 1.807) is 6.08 Å². The first-order chi connectivity index (χ1) is 11.3. The van der Waals surface area contributed by atoms with Gasteiger partial charge < -0.3 is 25.1 Å². The molecule has 1 aliphatic heterocycles. The highest BCUT2D eigenvalue weighted by Gasteiger charge is 2.50. The van der Waals surface area contributed by atoms with Crippen LogP contribution in [0.15, 0.2) is 26.0 Å². The zero-order valence-electron chi connectivity index (χ0n) is 12.7. The largest absolute Gasteiger partial charge is 0.495 e. The third-order valence-electron chi connectivity index (χ3n) is 3.60. The van der Waals surface area contributed by atoms with Crippen LogP contribution in [0.5, 0.6) is 0 Å². The van der Waals surface area contributed by atoms with Crippen LogP contribution in [0.1, 0.15) is 19.3 Å². The molecule has 1 spiro atoms. The van der Waals surface area contributed by atoms with Crippen LogP contribution < -0.4 is 5.32 Å². The molecule has 24 heavy (non-hydrogen) atoms. The summed E-state index contributed by atoms with van der Waals surface area (Å²) >= 11 is 6.61. The van der Waals surface area contributed by atoms with Gasteiger partial charge in [0.25, 0.3) is 5.91 Å². The van der Waals surface area contributed by atoms with Gasteiger partial charge in [-0.3, -0.25) is 9.59 Å². The first-order valence-corrected chi connectivity index (χ1v) is 8.65. The third-order valence-corrected chi connectivity index (χ3v) is 4.98. The summed E-state index contributed by atoms with van der Waals surface area (Å²) in [6.45, 7) is 0.219. The van der Waals surface area contributed by atoms with Crippen molar-refractivity contribution in [3.05, 3.63) is 20.8 Å². The number of hydrogen-bond donors (Lipinski definition) is 3. The van der Waals surface area contributed by atoms with Gasteiger partial charge >= 0.3 is 5.97 Å². The van der Waals surface area contributed by atoms with E-state index in [0.717, 1.165) is 0 Å². The first kappa shape index (κ1) is 18.9. The van der Waals surface area contributed by atoms with Crippen LogP contribution in [0.4, 0.5) is 0 Å². The number of carbonyl (C=O) groups is 2. The van der Waals surface area contributed by atoms with Crippen molar-refractivity contribution < 1.29 is 29.4 Å². The quantitative estimate of drug-likeness (QED) is 0.508. The van der Waals surface area contributed by atoms with E-state index in [0.29, 0.717) is 21.1 Å². The SMILES string of the molecule is COC1=C(Br)[C@H](O)[C@@]2(C=C1Br)CC(C(=O)NCCCC(=O)O)=NO2. The predicted octanol–water partition coefficient (Wildman–Crippen LogP) is 1.39. The van der Waals surface area contributed by atoms with Gasteiger partial charge in [-0.1, -0.05) is 5.16 Å². The van der Waals surface area contributed by atoms with Crippen molar-refractivity contribution in [1.82, 2.24) is 5.32 Å². The van der Waals surface area contributed by atoms with Crippen molar-refractivity contribution in [2.24, 2.45) is 5.16 Å². The minimum atomic E-state index is -1.20. The Kier molecular flexibility index (Phi) is 6.05. The average Bonchev–Trinajstić information content (AvgIpc) is 2.94. The van der Waals surface area contributed by atoms with E-state index in [2.05, 4.69) is 42.3 Å². The number of aliphatic carboxylic acids is 1. The van der Waals surface area contributed by atoms with Crippen molar-refractivity contribution in [1.29, 1.82) is 0 Å². The van der Waals surface area contributed by atoms with Crippen molar-refractivity contribution in [2.75, 3.05) is 13.7 Å². The van der Waals surface area contributed by atoms with Crippen molar-refractivity contribution in [3.63, 3.8) is 0 Å². The second-order valence-corrected chi connectivity index (χ2v) is 7.00. The van der Waals surface area contributed by atoms with Gasteiger partial charge in [-0.05, 0) is 44.4 Å². The molecule has 0 saturated heterocycles. The highest BCUT2D eigenvalue weighted by molar-refractivity contribution is 9.12. The Morgan fingerprint density at radius 3 is 2.88 bits per heavy atom. The van der Waals surface area contributed by atoms with E-state index in [-0.39, 0.29) is 25.1 Å². The van der Waals surface area contributed by atoms with E-state index in [1.165, 1.54) is 7.11 Å². The lowest BCUT2D eigenvalue weighted by atomic mass is 9.87. The fraction of sp³-hybridized carbons (Fsp3) is 0.500. The molecule has 0 fully saturated rings. The average molecular weight is 468 g/mol. The molecule has 0 aromatic heterocycles. The molecule has 8 nitrogen and oxygen atoms in total. The number of carboxylic acid groups (broad SMARTS) is 1. The Bertz CT molecular complexity index is 645. The molecule has 10 heteroatoms. The smallest absolute Gasteiger partial charge is 0.303 e. The van der Waals surface area contributed by atoms with Crippen molar-refractivity contribution in [3.8, 4) is 0 Å². The van der Waals surface area contributed by atoms with Crippen LogP contribution in [0.3, 0.4) is 0 Å². The number of ether oxygens (including phenoxy) is 1. The number of oxime groups is 1.